The lowest BCUT2D eigenvalue weighted by Gasteiger charge is -2.22. The van der Waals surface area contributed by atoms with E-state index in [0.717, 1.165) is 38.5 Å². The highest BCUT2D eigenvalue weighted by Crippen LogP contribution is 2.29. The van der Waals surface area contributed by atoms with E-state index in [0.29, 0.717) is 24.6 Å². The summed E-state index contributed by atoms with van der Waals surface area (Å²) in [5.74, 6) is 0.589. The van der Waals surface area contributed by atoms with Gasteiger partial charge in [0.1, 0.15) is 10.6 Å². The van der Waals surface area contributed by atoms with Gasteiger partial charge in [0.25, 0.3) is 5.91 Å². The van der Waals surface area contributed by atoms with E-state index >= 15 is 0 Å². The van der Waals surface area contributed by atoms with Crippen LogP contribution in [0.5, 0.6) is 5.75 Å². The van der Waals surface area contributed by atoms with Crippen LogP contribution in [0.15, 0.2) is 23.1 Å². The summed E-state index contributed by atoms with van der Waals surface area (Å²) in [5.41, 5.74) is 0.339. The van der Waals surface area contributed by atoms with E-state index in [1.165, 1.54) is 17.5 Å². The van der Waals surface area contributed by atoms with Gasteiger partial charge in [-0.05, 0) is 56.7 Å². The number of hydrogen-bond acceptors (Lipinski definition) is 4. The Morgan fingerprint density at radius 3 is 2.32 bits per heavy atom. The van der Waals surface area contributed by atoms with Crippen molar-refractivity contribution >= 4 is 15.9 Å². The summed E-state index contributed by atoms with van der Waals surface area (Å²) in [7, 11) is -2.26. The molecule has 0 aliphatic carbocycles. The Hall–Kier alpha value is -1.60. The number of hydrogen-bond donors (Lipinski definition) is 1. The molecule has 1 heterocycles. The van der Waals surface area contributed by atoms with Crippen LogP contribution in [0.4, 0.5) is 0 Å². The minimum absolute atomic E-state index is 0.0302. The van der Waals surface area contributed by atoms with Gasteiger partial charge in [-0.2, -0.15) is 4.31 Å². The molecule has 0 radical (unpaired) electrons. The molecular formula is C21H34N2O4S. The van der Waals surface area contributed by atoms with Crippen molar-refractivity contribution in [3.8, 4) is 5.75 Å². The largest absolute Gasteiger partial charge is 0.495 e. The molecule has 1 aliphatic rings. The summed E-state index contributed by atoms with van der Waals surface area (Å²) in [6, 6.07) is 4.66. The van der Waals surface area contributed by atoms with E-state index < -0.39 is 10.0 Å². The van der Waals surface area contributed by atoms with Crippen LogP contribution in [-0.4, -0.2) is 44.9 Å². The van der Waals surface area contributed by atoms with Gasteiger partial charge in [0.15, 0.2) is 0 Å². The molecule has 1 aliphatic heterocycles. The van der Waals surface area contributed by atoms with Gasteiger partial charge in [-0.15, -0.1) is 0 Å². The van der Waals surface area contributed by atoms with E-state index in [1.54, 1.807) is 12.1 Å². The lowest BCUT2D eigenvalue weighted by Crippen LogP contribution is -2.34. The van der Waals surface area contributed by atoms with Crippen LogP contribution in [0.3, 0.4) is 0 Å². The minimum Gasteiger partial charge on any atom is -0.495 e. The maximum Gasteiger partial charge on any atom is 0.251 e. The summed E-state index contributed by atoms with van der Waals surface area (Å²) in [6.45, 7) is 7.29. The topological polar surface area (TPSA) is 75.7 Å². The molecule has 1 unspecified atom stereocenters. The second-order valence-corrected chi connectivity index (χ2v) is 9.94. The third kappa shape index (κ3) is 5.95. The van der Waals surface area contributed by atoms with Gasteiger partial charge in [-0.25, -0.2) is 8.42 Å². The van der Waals surface area contributed by atoms with E-state index in [-0.39, 0.29) is 22.6 Å². The molecule has 1 aromatic carbocycles. The van der Waals surface area contributed by atoms with Crippen molar-refractivity contribution < 1.29 is 17.9 Å². The first kappa shape index (κ1) is 22.7. The number of benzene rings is 1. The summed E-state index contributed by atoms with van der Waals surface area (Å²) < 4.78 is 33.2. The number of nitrogens with one attached hydrogen (secondary N) is 1. The fraction of sp³-hybridized carbons (Fsp3) is 0.667. The lowest BCUT2D eigenvalue weighted by molar-refractivity contribution is 0.0937. The van der Waals surface area contributed by atoms with E-state index in [2.05, 4.69) is 19.2 Å². The van der Waals surface area contributed by atoms with Crippen molar-refractivity contribution in [2.45, 2.75) is 70.2 Å². The first-order valence-corrected chi connectivity index (χ1v) is 11.7. The van der Waals surface area contributed by atoms with Gasteiger partial charge in [0, 0.05) is 24.7 Å². The van der Waals surface area contributed by atoms with Gasteiger partial charge in [0.05, 0.1) is 7.11 Å². The predicted molar refractivity (Wildman–Crippen MR) is 111 cm³/mol. The Morgan fingerprint density at radius 1 is 1.11 bits per heavy atom. The predicted octanol–water partition coefficient (Wildman–Crippen LogP) is 3.81. The Bertz CT molecular complexity index is 754. The highest BCUT2D eigenvalue weighted by atomic mass is 32.2. The third-order valence-corrected chi connectivity index (χ3v) is 7.08. The fourth-order valence-electron chi connectivity index (χ4n) is 3.40. The Balaban J connectivity index is 2.24. The number of carbonyl (C=O) groups excluding carboxylic acids is 1. The molecule has 1 aromatic rings. The molecule has 2 rings (SSSR count). The highest BCUT2D eigenvalue weighted by molar-refractivity contribution is 7.89. The van der Waals surface area contributed by atoms with Crippen LogP contribution in [0.1, 0.15) is 69.7 Å². The van der Waals surface area contributed by atoms with E-state index in [4.69, 9.17) is 4.74 Å². The average Bonchev–Trinajstić information content (AvgIpc) is 2.95. The third-order valence-electron chi connectivity index (χ3n) is 5.16. The van der Waals surface area contributed by atoms with Gasteiger partial charge >= 0.3 is 0 Å². The molecule has 7 heteroatoms. The highest BCUT2D eigenvalue weighted by Gasteiger charge is 2.29. The smallest absolute Gasteiger partial charge is 0.251 e. The first-order chi connectivity index (χ1) is 13.3. The van der Waals surface area contributed by atoms with Gasteiger partial charge in [-0.3, -0.25) is 4.79 Å². The van der Waals surface area contributed by atoms with Crippen molar-refractivity contribution in [1.82, 2.24) is 9.62 Å². The Kier molecular flexibility index (Phi) is 8.31. The zero-order chi connectivity index (χ0) is 20.7. The van der Waals surface area contributed by atoms with Crippen LogP contribution in [0.2, 0.25) is 0 Å². The fourth-order valence-corrected chi connectivity index (χ4v) is 5.10. The number of carbonyl (C=O) groups is 1. The standard InChI is InChI=1S/C21H34N2O4S/c1-16(2)9-10-17(3)22-21(24)18-11-12-19(27-4)20(15-18)28(25,26)23-13-7-5-6-8-14-23/h11-12,15-17H,5-10,13-14H2,1-4H3,(H,22,24). The van der Waals surface area contributed by atoms with E-state index in [9.17, 15) is 13.2 Å². The second kappa shape index (κ2) is 10.3. The second-order valence-electron chi connectivity index (χ2n) is 8.03. The number of rotatable bonds is 8. The molecule has 28 heavy (non-hydrogen) atoms. The van der Waals surface area contributed by atoms with Crippen LogP contribution in [0.25, 0.3) is 0 Å². The molecule has 6 nitrogen and oxygen atoms in total. The summed E-state index contributed by atoms with van der Waals surface area (Å²) in [4.78, 5) is 12.7. The number of amides is 1. The number of ether oxygens (including phenoxy) is 1. The number of nitrogens with zero attached hydrogens (tertiary/aromatic N) is 1. The number of methoxy groups -OCH3 is 1. The molecule has 0 saturated carbocycles. The zero-order valence-corrected chi connectivity index (χ0v) is 18.3. The zero-order valence-electron chi connectivity index (χ0n) is 17.5. The van der Waals surface area contributed by atoms with Crippen molar-refractivity contribution in [1.29, 1.82) is 0 Å². The average molecular weight is 411 g/mol. The van der Waals surface area contributed by atoms with Crippen LogP contribution < -0.4 is 10.1 Å². The lowest BCUT2D eigenvalue weighted by atomic mass is 10.0. The van der Waals surface area contributed by atoms with Crippen molar-refractivity contribution in [3.05, 3.63) is 23.8 Å². The van der Waals surface area contributed by atoms with E-state index in [1.807, 2.05) is 6.92 Å². The Morgan fingerprint density at radius 2 is 1.75 bits per heavy atom. The van der Waals surface area contributed by atoms with Gasteiger partial charge < -0.3 is 10.1 Å². The van der Waals surface area contributed by atoms with Crippen molar-refractivity contribution in [2.24, 2.45) is 5.92 Å². The molecule has 0 bridgehead atoms. The van der Waals surface area contributed by atoms with Gasteiger partial charge in [-0.1, -0.05) is 26.7 Å². The molecular weight excluding hydrogens is 376 g/mol. The van der Waals surface area contributed by atoms with Crippen molar-refractivity contribution in [3.63, 3.8) is 0 Å². The summed E-state index contributed by atoms with van der Waals surface area (Å²) in [6.07, 6.45) is 5.71. The normalized spacial score (nSPS) is 17.2. The van der Waals surface area contributed by atoms with Crippen molar-refractivity contribution in [2.75, 3.05) is 20.2 Å². The Labute approximate surface area is 169 Å². The SMILES string of the molecule is COc1ccc(C(=O)NC(C)CCC(C)C)cc1S(=O)(=O)N1CCCCCC1. The molecule has 1 N–H and O–H groups in total. The summed E-state index contributed by atoms with van der Waals surface area (Å²) in [5, 5.41) is 2.97. The minimum atomic E-state index is -3.71. The van der Waals surface area contributed by atoms with Crippen LogP contribution in [-0.2, 0) is 10.0 Å². The molecule has 158 valence electrons. The summed E-state index contributed by atoms with van der Waals surface area (Å²) >= 11 is 0. The maximum atomic E-state index is 13.2. The monoisotopic (exact) mass is 410 g/mol. The maximum absolute atomic E-state index is 13.2. The molecule has 0 spiro atoms. The van der Waals surface area contributed by atoms with Crippen LogP contribution in [0, 0.1) is 5.92 Å². The molecule has 1 saturated heterocycles. The first-order valence-electron chi connectivity index (χ1n) is 10.2. The molecule has 0 aromatic heterocycles. The number of sulfonamides is 1. The van der Waals surface area contributed by atoms with Crippen LogP contribution >= 0.6 is 0 Å². The molecule has 1 atom stereocenters. The van der Waals surface area contributed by atoms with Gasteiger partial charge in [0.2, 0.25) is 10.0 Å². The molecule has 1 amide bonds. The quantitative estimate of drug-likeness (QED) is 0.707. The molecule has 1 fully saturated rings.